The summed E-state index contributed by atoms with van der Waals surface area (Å²) in [5.74, 6) is 1.000. The van der Waals surface area contributed by atoms with E-state index in [-0.39, 0.29) is 0 Å². The summed E-state index contributed by atoms with van der Waals surface area (Å²) in [5.41, 5.74) is 7.51. The number of nitrogen functional groups attached to an aromatic ring is 1. The fourth-order valence-corrected chi connectivity index (χ4v) is 1.96. The molecule has 1 saturated heterocycles. The molecule has 4 heteroatoms. The molecular weight excluding hydrogens is 190 g/mol. The van der Waals surface area contributed by atoms with E-state index in [1.54, 1.807) is 6.20 Å². The molecule has 1 unspecified atom stereocenters. The Morgan fingerprint density at radius 3 is 3.00 bits per heavy atom. The zero-order valence-electron chi connectivity index (χ0n) is 9.23. The molecule has 1 aromatic heterocycles. The van der Waals surface area contributed by atoms with E-state index >= 15 is 0 Å². The van der Waals surface area contributed by atoms with Crippen molar-refractivity contribution in [3.63, 3.8) is 0 Å². The lowest BCUT2D eigenvalue weighted by atomic mass is 10.2. The highest BCUT2D eigenvalue weighted by atomic mass is 16.5. The number of pyridine rings is 1. The third kappa shape index (κ3) is 2.04. The van der Waals surface area contributed by atoms with Crippen molar-refractivity contribution >= 4 is 11.5 Å². The smallest absolute Gasteiger partial charge is 0.131 e. The minimum absolute atomic E-state index is 0.444. The summed E-state index contributed by atoms with van der Waals surface area (Å²) in [7, 11) is 2.06. The number of hydrogen-bond acceptors (Lipinski definition) is 4. The van der Waals surface area contributed by atoms with Gasteiger partial charge in [-0.15, -0.1) is 0 Å². The van der Waals surface area contributed by atoms with Crippen molar-refractivity contribution < 1.29 is 4.74 Å². The van der Waals surface area contributed by atoms with Crippen LogP contribution in [0.1, 0.15) is 12.0 Å². The molecule has 0 radical (unpaired) electrons. The van der Waals surface area contributed by atoms with Crippen LogP contribution in [-0.4, -0.2) is 31.3 Å². The quantitative estimate of drug-likeness (QED) is 0.791. The van der Waals surface area contributed by atoms with E-state index in [1.165, 1.54) is 0 Å². The lowest BCUT2D eigenvalue weighted by Crippen LogP contribution is -2.33. The number of hydrogen-bond donors (Lipinski definition) is 1. The summed E-state index contributed by atoms with van der Waals surface area (Å²) in [6, 6.07) is 2.40. The predicted molar refractivity (Wildman–Crippen MR) is 61.0 cm³/mol. The van der Waals surface area contributed by atoms with E-state index in [4.69, 9.17) is 10.5 Å². The zero-order valence-corrected chi connectivity index (χ0v) is 9.23. The second-order valence-electron chi connectivity index (χ2n) is 4.04. The van der Waals surface area contributed by atoms with Crippen LogP contribution in [0.4, 0.5) is 11.5 Å². The molecule has 2 rings (SSSR count). The SMILES string of the molecule is Cc1cc(N)cnc1N(C)C1CCOC1. The molecule has 1 aliphatic heterocycles. The van der Waals surface area contributed by atoms with E-state index in [9.17, 15) is 0 Å². The third-order valence-electron chi connectivity index (χ3n) is 2.86. The van der Waals surface area contributed by atoms with Crippen LogP contribution in [0, 0.1) is 6.92 Å². The molecule has 1 fully saturated rings. The average molecular weight is 207 g/mol. The van der Waals surface area contributed by atoms with Crippen LogP contribution in [0.5, 0.6) is 0 Å². The maximum absolute atomic E-state index is 5.68. The summed E-state index contributed by atoms with van der Waals surface area (Å²) < 4.78 is 5.37. The molecule has 2 N–H and O–H groups in total. The van der Waals surface area contributed by atoms with Crippen LogP contribution in [0.3, 0.4) is 0 Å². The third-order valence-corrected chi connectivity index (χ3v) is 2.86. The monoisotopic (exact) mass is 207 g/mol. The van der Waals surface area contributed by atoms with Crippen molar-refractivity contribution in [3.05, 3.63) is 17.8 Å². The molecule has 1 aromatic rings. The second-order valence-corrected chi connectivity index (χ2v) is 4.04. The lowest BCUT2D eigenvalue weighted by Gasteiger charge is -2.25. The second kappa shape index (κ2) is 4.06. The van der Waals surface area contributed by atoms with Crippen molar-refractivity contribution in [1.82, 2.24) is 4.98 Å². The largest absolute Gasteiger partial charge is 0.397 e. The molecule has 15 heavy (non-hydrogen) atoms. The number of rotatable bonds is 2. The topological polar surface area (TPSA) is 51.4 Å². The van der Waals surface area contributed by atoms with E-state index in [2.05, 4.69) is 16.9 Å². The molecule has 0 bridgehead atoms. The first-order valence-corrected chi connectivity index (χ1v) is 5.21. The van der Waals surface area contributed by atoms with Gasteiger partial charge >= 0.3 is 0 Å². The molecule has 82 valence electrons. The molecule has 0 aliphatic carbocycles. The van der Waals surface area contributed by atoms with Gasteiger partial charge in [-0.1, -0.05) is 0 Å². The number of likely N-dealkylation sites (N-methyl/N-ethyl adjacent to an activating group) is 1. The molecule has 2 heterocycles. The minimum Gasteiger partial charge on any atom is -0.397 e. The Morgan fingerprint density at radius 2 is 2.40 bits per heavy atom. The van der Waals surface area contributed by atoms with Crippen molar-refractivity contribution in [1.29, 1.82) is 0 Å². The maximum atomic E-state index is 5.68. The molecule has 1 aliphatic rings. The summed E-state index contributed by atoms with van der Waals surface area (Å²) in [6.07, 6.45) is 2.77. The van der Waals surface area contributed by atoms with Gasteiger partial charge in [0, 0.05) is 13.7 Å². The number of aromatic nitrogens is 1. The number of ether oxygens (including phenoxy) is 1. The number of nitrogens with zero attached hydrogens (tertiary/aromatic N) is 2. The Kier molecular flexibility index (Phi) is 2.77. The van der Waals surface area contributed by atoms with Crippen LogP contribution in [0.2, 0.25) is 0 Å². The van der Waals surface area contributed by atoms with Gasteiger partial charge in [0.2, 0.25) is 0 Å². The Bertz CT molecular complexity index is 348. The molecule has 1 atom stereocenters. The minimum atomic E-state index is 0.444. The highest BCUT2D eigenvalue weighted by Gasteiger charge is 2.22. The predicted octanol–water partition coefficient (Wildman–Crippen LogP) is 1.20. The Hall–Kier alpha value is -1.29. The van der Waals surface area contributed by atoms with Crippen molar-refractivity contribution in [2.45, 2.75) is 19.4 Å². The molecule has 0 spiro atoms. The van der Waals surface area contributed by atoms with Gasteiger partial charge < -0.3 is 15.4 Å². The first-order valence-electron chi connectivity index (χ1n) is 5.21. The van der Waals surface area contributed by atoms with Crippen molar-refractivity contribution in [3.8, 4) is 0 Å². The highest BCUT2D eigenvalue weighted by molar-refractivity contribution is 5.52. The maximum Gasteiger partial charge on any atom is 0.131 e. The van der Waals surface area contributed by atoms with Gasteiger partial charge in [0.1, 0.15) is 5.82 Å². The van der Waals surface area contributed by atoms with Gasteiger partial charge in [-0.2, -0.15) is 0 Å². The van der Waals surface area contributed by atoms with E-state index in [0.717, 1.165) is 31.0 Å². The first kappa shape index (κ1) is 10.2. The van der Waals surface area contributed by atoms with Gasteiger partial charge in [0.25, 0.3) is 0 Å². The fourth-order valence-electron chi connectivity index (χ4n) is 1.96. The van der Waals surface area contributed by atoms with E-state index < -0.39 is 0 Å². The number of nitrogens with two attached hydrogens (primary N) is 1. The average Bonchev–Trinajstić information content (AvgIpc) is 2.69. The Balaban J connectivity index is 2.20. The van der Waals surface area contributed by atoms with Crippen molar-refractivity contribution in [2.24, 2.45) is 0 Å². The summed E-state index contributed by atoms with van der Waals surface area (Å²) in [5, 5.41) is 0. The molecule has 0 amide bonds. The van der Waals surface area contributed by atoms with Gasteiger partial charge in [-0.25, -0.2) is 4.98 Å². The fraction of sp³-hybridized carbons (Fsp3) is 0.545. The highest BCUT2D eigenvalue weighted by Crippen LogP contribution is 2.22. The standard InChI is InChI=1S/C11H17N3O/c1-8-5-9(12)6-13-11(8)14(2)10-3-4-15-7-10/h5-6,10H,3-4,7,12H2,1-2H3. The summed E-state index contributed by atoms with van der Waals surface area (Å²) >= 11 is 0. The molecule has 0 aromatic carbocycles. The van der Waals surface area contributed by atoms with Gasteiger partial charge in [0.05, 0.1) is 24.5 Å². The van der Waals surface area contributed by atoms with Gasteiger partial charge in [-0.05, 0) is 25.0 Å². The normalized spacial score (nSPS) is 20.5. The lowest BCUT2D eigenvalue weighted by molar-refractivity contribution is 0.193. The number of aryl methyl sites for hydroxylation is 1. The first-order chi connectivity index (χ1) is 7.18. The van der Waals surface area contributed by atoms with Crippen LogP contribution < -0.4 is 10.6 Å². The van der Waals surface area contributed by atoms with Gasteiger partial charge in [0.15, 0.2) is 0 Å². The zero-order chi connectivity index (χ0) is 10.8. The summed E-state index contributed by atoms with van der Waals surface area (Å²) in [6.45, 7) is 3.68. The van der Waals surface area contributed by atoms with E-state index in [1.807, 2.05) is 13.0 Å². The van der Waals surface area contributed by atoms with Gasteiger partial charge in [-0.3, -0.25) is 0 Å². The van der Waals surface area contributed by atoms with E-state index in [0.29, 0.717) is 11.7 Å². The van der Waals surface area contributed by atoms with Crippen LogP contribution >= 0.6 is 0 Å². The molecule has 0 saturated carbocycles. The Morgan fingerprint density at radius 1 is 1.60 bits per heavy atom. The number of anilines is 2. The Labute approximate surface area is 90.0 Å². The molecular formula is C11H17N3O. The molecule has 4 nitrogen and oxygen atoms in total. The van der Waals surface area contributed by atoms with Crippen LogP contribution in [-0.2, 0) is 4.74 Å². The van der Waals surface area contributed by atoms with Crippen LogP contribution in [0.25, 0.3) is 0 Å². The summed E-state index contributed by atoms with van der Waals surface area (Å²) in [4.78, 5) is 6.55. The van der Waals surface area contributed by atoms with Crippen LogP contribution in [0.15, 0.2) is 12.3 Å². The van der Waals surface area contributed by atoms with Crippen molar-refractivity contribution in [2.75, 3.05) is 30.9 Å².